The van der Waals surface area contributed by atoms with Crippen LogP contribution in [0.2, 0.25) is 0 Å². The molecular weight excluding hydrogens is 450 g/mol. The van der Waals surface area contributed by atoms with Crippen LogP contribution in [0.25, 0.3) is 0 Å². The number of amides is 1. The van der Waals surface area contributed by atoms with Crippen molar-refractivity contribution >= 4 is 11.7 Å². The van der Waals surface area contributed by atoms with E-state index in [-0.39, 0.29) is 47.4 Å². The molecule has 0 aromatic heterocycles. The van der Waals surface area contributed by atoms with E-state index in [1.165, 1.54) is 14.2 Å². The van der Waals surface area contributed by atoms with Crippen molar-refractivity contribution in [3.63, 3.8) is 0 Å². The minimum absolute atomic E-state index is 0.00487. The average molecular weight is 482 g/mol. The molecule has 1 heterocycles. The molecule has 2 aromatic rings. The number of methoxy groups -OCH3 is 3. The van der Waals surface area contributed by atoms with E-state index in [9.17, 15) is 14.7 Å². The second-order valence-electron chi connectivity index (χ2n) is 9.08. The van der Waals surface area contributed by atoms with E-state index >= 15 is 0 Å². The van der Waals surface area contributed by atoms with E-state index in [0.29, 0.717) is 41.2 Å². The molecule has 1 aliphatic heterocycles. The van der Waals surface area contributed by atoms with Crippen LogP contribution in [0, 0.1) is 0 Å². The number of Topliss-reactive ketones (excluding diaryl/α,β-unsaturated/α-hetero) is 1. The zero-order valence-electron chi connectivity index (χ0n) is 20.6. The van der Waals surface area contributed by atoms with E-state index in [2.05, 4.69) is 5.32 Å². The van der Waals surface area contributed by atoms with Gasteiger partial charge in [0, 0.05) is 30.0 Å². The SMILES string of the molecule is COc1cc(C2CC(=O)C3=C(C2)NC(=O)CC3c2cc(OC)c(O)c(OC)c2)ccc1OC(C)C. The maximum Gasteiger partial charge on any atom is 0.225 e. The third-order valence-corrected chi connectivity index (χ3v) is 6.46. The molecular formula is C27H31NO7. The Balaban J connectivity index is 1.70. The first kappa shape index (κ1) is 24.4. The zero-order valence-corrected chi connectivity index (χ0v) is 20.6. The molecule has 0 saturated carbocycles. The number of carbonyl (C=O) groups is 2. The maximum absolute atomic E-state index is 13.5. The predicted octanol–water partition coefficient (Wildman–Crippen LogP) is 4.21. The second kappa shape index (κ2) is 9.90. The molecule has 8 heteroatoms. The Morgan fingerprint density at radius 2 is 1.49 bits per heavy atom. The summed E-state index contributed by atoms with van der Waals surface area (Å²) in [7, 11) is 4.47. The Morgan fingerprint density at radius 3 is 2.09 bits per heavy atom. The van der Waals surface area contributed by atoms with Crippen LogP contribution < -0.4 is 24.3 Å². The summed E-state index contributed by atoms with van der Waals surface area (Å²) in [4.78, 5) is 26.1. The molecule has 2 aromatic carbocycles. The lowest BCUT2D eigenvalue weighted by Crippen LogP contribution is -2.38. The number of nitrogens with one attached hydrogen (secondary N) is 1. The van der Waals surface area contributed by atoms with Crippen LogP contribution in [0.4, 0.5) is 0 Å². The van der Waals surface area contributed by atoms with Gasteiger partial charge in [0.25, 0.3) is 0 Å². The molecule has 0 fully saturated rings. The van der Waals surface area contributed by atoms with Gasteiger partial charge in [0.2, 0.25) is 11.7 Å². The van der Waals surface area contributed by atoms with Crippen LogP contribution in [-0.2, 0) is 9.59 Å². The van der Waals surface area contributed by atoms with Crippen molar-refractivity contribution in [3.8, 4) is 28.7 Å². The number of hydrogen-bond acceptors (Lipinski definition) is 7. The summed E-state index contributed by atoms with van der Waals surface area (Å²) in [6.45, 7) is 3.89. The van der Waals surface area contributed by atoms with Crippen molar-refractivity contribution in [3.05, 3.63) is 52.7 Å². The van der Waals surface area contributed by atoms with Gasteiger partial charge >= 0.3 is 0 Å². The standard InChI is InChI=1S/C27H31NO7/c1-14(2)35-21-7-6-15(10-22(21)32-3)16-8-19-26(20(29)9-16)18(13-25(30)28-19)17-11-23(33-4)27(31)24(12-17)34-5/h6-7,10-12,14,16,18,31H,8-9,13H2,1-5H3,(H,28,30). The number of ether oxygens (including phenoxy) is 4. The molecule has 186 valence electrons. The van der Waals surface area contributed by atoms with Crippen LogP contribution in [0.15, 0.2) is 41.6 Å². The lowest BCUT2D eigenvalue weighted by Gasteiger charge is -2.34. The summed E-state index contributed by atoms with van der Waals surface area (Å²) in [6, 6.07) is 9.02. The quantitative estimate of drug-likeness (QED) is 0.611. The maximum atomic E-state index is 13.5. The van der Waals surface area contributed by atoms with Crippen molar-refractivity contribution < 1.29 is 33.6 Å². The summed E-state index contributed by atoms with van der Waals surface area (Å²) < 4.78 is 21.9. The number of phenols is 1. The van der Waals surface area contributed by atoms with Crippen molar-refractivity contribution in [1.82, 2.24) is 5.32 Å². The molecule has 2 unspecified atom stereocenters. The second-order valence-corrected chi connectivity index (χ2v) is 9.08. The Kier molecular flexibility index (Phi) is 6.91. The summed E-state index contributed by atoms with van der Waals surface area (Å²) in [5, 5.41) is 13.2. The van der Waals surface area contributed by atoms with Crippen LogP contribution in [0.3, 0.4) is 0 Å². The number of aromatic hydroxyl groups is 1. The fraction of sp³-hybridized carbons (Fsp3) is 0.407. The first-order chi connectivity index (χ1) is 16.7. The van der Waals surface area contributed by atoms with Gasteiger partial charge in [0.05, 0.1) is 27.4 Å². The average Bonchev–Trinajstić information content (AvgIpc) is 2.83. The smallest absolute Gasteiger partial charge is 0.225 e. The molecule has 0 saturated heterocycles. The van der Waals surface area contributed by atoms with E-state index < -0.39 is 5.92 Å². The molecule has 0 radical (unpaired) electrons. The minimum atomic E-state index is -0.452. The molecule has 2 aliphatic rings. The Labute approximate surface area is 204 Å². The van der Waals surface area contributed by atoms with E-state index in [1.807, 2.05) is 32.0 Å². The van der Waals surface area contributed by atoms with Gasteiger partial charge in [0.1, 0.15) is 0 Å². The van der Waals surface area contributed by atoms with Gasteiger partial charge in [-0.1, -0.05) is 6.07 Å². The number of hydrogen-bond donors (Lipinski definition) is 2. The lowest BCUT2D eigenvalue weighted by atomic mass is 9.73. The first-order valence-corrected chi connectivity index (χ1v) is 11.6. The molecule has 0 bridgehead atoms. The number of carbonyl (C=O) groups excluding carboxylic acids is 2. The number of rotatable bonds is 7. The van der Waals surface area contributed by atoms with Crippen LogP contribution >= 0.6 is 0 Å². The van der Waals surface area contributed by atoms with Crippen molar-refractivity contribution in [2.45, 2.75) is 51.0 Å². The fourth-order valence-corrected chi connectivity index (χ4v) is 4.88. The van der Waals surface area contributed by atoms with E-state index in [0.717, 1.165) is 5.56 Å². The molecule has 4 rings (SSSR count). The minimum Gasteiger partial charge on any atom is -0.502 e. The summed E-state index contributed by atoms with van der Waals surface area (Å²) in [6.07, 6.45) is 0.959. The number of allylic oxidation sites excluding steroid dienone is 2. The highest BCUT2D eigenvalue weighted by atomic mass is 16.5. The number of ketones is 1. The molecule has 2 N–H and O–H groups in total. The number of benzene rings is 2. The molecule has 8 nitrogen and oxygen atoms in total. The molecule has 1 aliphatic carbocycles. The Hall–Kier alpha value is -3.68. The van der Waals surface area contributed by atoms with Crippen LogP contribution in [0.1, 0.15) is 56.1 Å². The highest BCUT2D eigenvalue weighted by molar-refractivity contribution is 6.02. The lowest BCUT2D eigenvalue weighted by molar-refractivity contribution is -0.122. The summed E-state index contributed by atoms with van der Waals surface area (Å²) in [5.74, 6) is 0.848. The van der Waals surface area contributed by atoms with Crippen LogP contribution in [0.5, 0.6) is 28.7 Å². The first-order valence-electron chi connectivity index (χ1n) is 11.6. The monoisotopic (exact) mass is 481 g/mol. The van der Waals surface area contributed by atoms with E-state index in [4.69, 9.17) is 18.9 Å². The summed E-state index contributed by atoms with van der Waals surface area (Å²) >= 11 is 0. The number of phenolic OH excluding ortho intramolecular Hbond substituents is 1. The van der Waals surface area contributed by atoms with Gasteiger partial charge in [-0.25, -0.2) is 0 Å². The molecule has 2 atom stereocenters. The fourth-order valence-electron chi connectivity index (χ4n) is 4.88. The van der Waals surface area contributed by atoms with Crippen molar-refractivity contribution in [2.24, 2.45) is 0 Å². The predicted molar refractivity (Wildman–Crippen MR) is 129 cm³/mol. The highest BCUT2D eigenvalue weighted by Gasteiger charge is 2.39. The van der Waals surface area contributed by atoms with Gasteiger partial charge in [-0.2, -0.15) is 0 Å². The molecule has 1 amide bonds. The Bertz CT molecular complexity index is 1160. The topological polar surface area (TPSA) is 103 Å². The van der Waals surface area contributed by atoms with Crippen molar-refractivity contribution in [2.75, 3.05) is 21.3 Å². The van der Waals surface area contributed by atoms with Crippen molar-refractivity contribution in [1.29, 1.82) is 0 Å². The third kappa shape index (κ3) is 4.78. The van der Waals surface area contributed by atoms with Gasteiger partial charge in [-0.3, -0.25) is 9.59 Å². The third-order valence-electron chi connectivity index (χ3n) is 6.46. The Morgan fingerprint density at radius 1 is 0.857 bits per heavy atom. The summed E-state index contributed by atoms with van der Waals surface area (Å²) in [5.41, 5.74) is 2.87. The van der Waals surface area contributed by atoms with Gasteiger partial charge < -0.3 is 29.4 Å². The van der Waals surface area contributed by atoms with Gasteiger partial charge in [0.15, 0.2) is 28.8 Å². The van der Waals surface area contributed by atoms with Gasteiger partial charge in [-0.15, -0.1) is 0 Å². The molecule has 35 heavy (non-hydrogen) atoms. The van der Waals surface area contributed by atoms with Crippen LogP contribution in [-0.4, -0.2) is 44.2 Å². The zero-order chi connectivity index (χ0) is 25.3. The van der Waals surface area contributed by atoms with E-state index in [1.54, 1.807) is 19.2 Å². The normalized spacial score (nSPS) is 19.8. The van der Waals surface area contributed by atoms with Gasteiger partial charge in [-0.05, 0) is 61.6 Å². The largest absolute Gasteiger partial charge is 0.502 e. The molecule has 0 spiro atoms. The highest BCUT2D eigenvalue weighted by Crippen LogP contribution is 2.47.